The fraction of sp³-hybridized carbons (Fsp3) is 0.292. The van der Waals surface area contributed by atoms with Crippen LogP contribution < -0.4 is 15.1 Å². The van der Waals surface area contributed by atoms with Crippen molar-refractivity contribution in [2.24, 2.45) is 0 Å². The molecule has 2 amide bonds. The van der Waals surface area contributed by atoms with E-state index in [1.807, 2.05) is 0 Å². The molecule has 0 atom stereocenters. The van der Waals surface area contributed by atoms with E-state index in [2.05, 4.69) is 4.72 Å². The molecule has 0 saturated heterocycles. The number of carbonyl (C=O) groups is 2. The van der Waals surface area contributed by atoms with E-state index in [0.717, 1.165) is 0 Å². The number of benzene rings is 2. The lowest BCUT2D eigenvalue weighted by atomic mass is 9.99. The molecule has 0 spiro atoms. The lowest BCUT2D eigenvalue weighted by molar-refractivity contribution is -0.125. The zero-order valence-corrected chi connectivity index (χ0v) is 20.9. The highest BCUT2D eigenvalue weighted by atomic mass is 32.2. The van der Waals surface area contributed by atoms with Crippen molar-refractivity contribution in [3.63, 3.8) is 0 Å². The van der Waals surface area contributed by atoms with Crippen molar-refractivity contribution >= 4 is 38.7 Å². The molecule has 1 heterocycles. The maximum absolute atomic E-state index is 12.8. The van der Waals surface area contributed by atoms with Gasteiger partial charge in [0.2, 0.25) is 15.9 Å². The molecule has 1 aromatic heterocycles. The molecule has 1 N–H and O–H groups in total. The van der Waals surface area contributed by atoms with E-state index in [9.17, 15) is 22.8 Å². The van der Waals surface area contributed by atoms with Gasteiger partial charge in [0.1, 0.15) is 17.1 Å². The van der Waals surface area contributed by atoms with Crippen LogP contribution in [-0.4, -0.2) is 64.2 Å². The van der Waals surface area contributed by atoms with Gasteiger partial charge in [-0.05, 0) is 42.3 Å². The number of carbonyl (C=O) groups excluding carboxylic acids is 2. The molecule has 0 bridgehead atoms. The topological polar surface area (TPSA) is 126 Å². The number of anilines is 1. The van der Waals surface area contributed by atoms with E-state index < -0.39 is 33.4 Å². The van der Waals surface area contributed by atoms with Crippen LogP contribution in [0.15, 0.2) is 51.7 Å². The highest BCUT2D eigenvalue weighted by Gasteiger charge is 2.19. The molecule has 3 aromatic rings. The molecule has 0 fully saturated rings. The van der Waals surface area contributed by atoms with Gasteiger partial charge in [-0.15, -0.1) is 0 Å². The van der Waals surface area contributed by atoms with Gasteiger partial charge >= 0.3 is 11.7 Å². The van der Waals surface area contributed by atoms with Gasteiger partial charge < -0.3 is 19.0 Å². The van der Waals surface area contributed by atoms with E-state index in [4.69, 9.17) is 9.15 Å². The van der Waals surface area contributed by atoms with Gasteiger partial charge in [-0.25, -0.2) is 18.0 Å². The average Bonchev–Trinajstić information content (AvgIpc) is 2.75. The van der Waals surface area contributed by atoms with Crippen LogP contribution in [0.25, 0.3) is 11.0 Å². The highest BCUT2D eigenvalue weighted by molar-refractivity contribution is 7.93. The molecule has 2 aromatic carbocycles. The zero-order chi connectivity index (χ0) is 25.9. The number of nitrogens with zero attached hydrogens (tertiary/aromatic N) is 2. The smallest absolute Gasteiger partial charge is 0.414 e. The Morgan fingerprint density at radius 1 is 1.03 bits per heavy atom. The minimum absolute atomic E-state index is 0.202. The second-order valence-electron chi connectivity index (χ2n) is 8.44. The van der Waals surface area contributed by atoms with Crippen molar-refractivity contribution in [2.45, 2.75) is 13.3 Å². The molecule has 0 saturated carbocycles. The minimum atomic E-state index is -3.89. The Balaban J connectivity index is 1.86. The summed E-state index contributed by atoms with van der Waals surface area (Å²) in [5.74, 6) is -0.972. The van der Waals surface area contributed by atoms with E-state index in [1.165, 1.54) is 30.0 Å². The molecule has 0 radical (unpaired) electrons. The molecule has 0 aliphatic carbocycles. The number of aryl methyl sites for hydroxylation is 1. The second kappa shape index (κ2) is 10.2. The molecule has 0 unspecified atom stereocenters. The summed E-state index contributed by atoms with van der Waals surface area (Å²) in [6.45, 7) is 1.79. The summed E-state index contributed by atoms with van der Waals surface area (Å²) in [5.41, 5.74) is 1.81. The Bertz CT molecular complexity index is 1440. The normalized spacial score (nSPS) is 11.2. The molecule has 0 aliphatic heterocycles. The lowest BCUT2D eigenvalue weighted by Crippen LogP contribution is -2.32. The van der Waals surface area contributed by atoms with Crippen molar-refractivity contribution in [3.8, 4) is 5.75 Å². The number of hydrogen-bond acceptors (Lipinski definition) is 7. The first-order valence-corrected chi connectivity index (χ1v) is 12.3. The Morgan fingerprint density at radius 3 is 2.40 bits per heavy atom. The van der Waals surface area contributed by atoms with Crippen LogP contribution in [0.5, 0.6) is 5.75 Å². The molecule has 10 nitrogen and oxygen atoms in total. The third kappa shape index (κ3) is 6.38. The first-order valence-electron chi connectivity index (χ1n) is 10.6. The van der Waals surface area contributed by atoms with Crippen LogP contribution in [0.4, 0.5) is 10.5 Å². The molecule has 186 valence electrons. The number of fused-ring (bicyclic) bond motifs is 1. The van der Waals surface area contributed by atoms with Crippen molar-refractivity contribution in [2.75, 3.05) is 38.7 Å². The van der Waals surface area contributed by atoms with Crippen molar-refractivity contribution in [3.05, 3.63) is 69.6 Å². The van der Waals surface area contributed by atoms with Gasteiger partial charge in [-0.2, -0.15) is 0 Å². The summed E-state index contributed by atoms with van der Waals surface area (Å²) < 4.78 is 37.7. The van der Waals surface area contributed by atoms with Gasteiger partial charge in [0.15, 0.2) is 0 Å². The quantitative estimate of drug-likeness (QED) is 0.493. The summed E-state index contributed by atoms with van der Waals surface area (Å²) in [6.07, 6.45) is -0.352. The Hall–Kier alpha value is -3.86. The fourth-order valence-electron chi connectivity index (χ4n) is 3.29. The summed E-state index contributed by atoms with van der Waals surface area (Å²) in [4.78, 5) is 38.8. The molecule has 0 aliphatic rings. The van der Waals surface area contributed by atoms with Crippen LogP contribution in [-0.2, 0) is 21.2 Å². The summed E-state index contributed by atoms with van der Waals surface area (Å²) in [5, 5.41) is 0.684. The monoisotopic (exact) mass is 501 g/mol. The van der Waals surface area contributed by atoms with E-state index in [1.54, 1.807) is 57.4 Å². The van der Waals surface area contributed by atoms with E-state index in [-0.39, 0.29) is 23.4 Å². The average molecular weight is 502 g/mol. The lowest BCUT2D eigenvalue weighted by Gasteiger charge is -2.13. The molecular formula is C24H27N3O7S. The number of hydrogen-bond donors (Lipinski definition) is 1. The van der Waals surface area contributed by atoms with E-state index in [0.29, 0.717) is 22.1 Å². The van der Waals surface area contributed by atoms with Crippen LogP contribution in [0.3, 0.4) is 0 Å². The number of ether oxygens (including phenoxy) is 1. The fourth-order valence-corrected chi connectivity index (χ4v) is 4.43. The first-order chi connectivity index (χ1) is 16.4. The predicted octanol–water partition coefficient (Wildman–Crippen LogP) is 2.58. The maximum Gasteiger partial charge on any atom is 0.414 e. The number of amides is 2. The molecule has 11 heteroatoms. The Morgan fingerprint density at radius 2 is 1.74 bits per heavy atom. The van der Waals surface area contributed by atoms with Gasteiger partial charge in [0.05, 0.1) is 0 Å². The van der Waals surface area contributed by atoms with Crippen molar-refractivity contribution in [1.82, 2.24) is 9.80 Å². The van der Waals surface area contributed by atoms with Crippen LogP contribution in [0, 0.1) is 6.92 Å². The van der Waals surface area contributed by atoms with Gasteiger partial charge in [-0.1, -0.05) is 12.1 Å². The largest absolute Gasteiger partial charge is 0.422 e. The van der Waals surface area contributed by atoms with E-state index >= 15 is 0 Å². The Labute approximate surface area is 203 Å². The molecular weight excluding hydrogens is 474 g/mol. The summed E-state index contributed by atoms with van der Waals surface area (Å²) >= 11 is 0. The van der Waals surface area contributed by atoms with Gasteiger partial charge in [0, 0.05) is 57.3 Å². The van der Waals surface area contributed by atoms with Gasteiger partial charge in [0.25, 0.3) is 0 Å². The standard InChI is InChI=1S/C24H27N3O7S/c1-15-19-10-9-18(33-24(30)27(4)5)13-21(19)34-23(29)20(15)12-16-7-6-8-17(11-16)25-35(31,32)14-22(28)26(2)3/h6-11,13,25H,12,14H2,1-5H3. The third-order valence-electron chi connectivity index (χ3n) is 5.22. The predicted molar refractivity (Wildman–Crippen MR) is 132 cm³/mol. The minimum Gasteiger partial charge on any atom is -0.422 e. The van der Waals surface area contributed by atoms with Crippen molar-refractivity contribution in [1.29, 1.82) is 0 Å². The number of rotatable bonds is 7. The Kier molecular flexibility index (Phi) is 7.49. The molecule has 3 rings (SSSR count). The van der Waals surface area contributed by atoms with Crippen LogP contribution in [0.1, 0.15) is 16.7 Å². The summed E-state index contributed by atoms with van der Waals surface area (Å²) in [6, 6.07) is 11.4. The molecule has 35 heavy (non-hydrogen) atoms. The summed E-state index contributed by atoms with van der Waals surface area (Å²) in [7, 11) is 2.18. The second-order valence-corrected chi connectivity index (χ2v) is 10.2. The SMILES string of the molecule is Cc1c(Cc2cccc(NS(=O)(=O)CC(=O)N(C)C)c2)c(=O)oc2cc(OC(=O)N(C)C)ccc12. The highest BCUT2D eigenvalue weighted by Crippen LogP contribution is 2.26. The number of nitrogens with one attached hydrogen (secondary N) is 1. The van der Waals surface area contributed by atoms with Gasteiger partial charge in [-0.3, -0.25) is 9.52 Å². The van der Waals surface area contributed by atoms with Crippen molar-refractivity contribution < 1.29 is 27.2 Å². The first kappa shape index (κ1) is 25.8. The maximum atomic E-state index is 12.8. The zero-order valence-electron chi connectivity index (χ0n) is 20.1. The number of sulfonamides is 1. The van der Waals surface area contributed by atoms with Crippen LogP contribution >= 0.6 is 0 Å². The third-order valence-corrected chi connectivity index (χ3v) is 6.40. The van der Waals surface area contributed by atoms with Crippen LogP contribution in [0.2, 0.25) is 0 Å².